The Kier molecular flexibility index (Phi) is 7.90. The van der Waals surface area contributed by atoms with Gasteiger partial charge in [0.05, 0.1) is 0 Å². The topological polar surface area (TPSA) is 102 Å². The van der Waals surface area contributed by atoms with E-state index in [0.717, 1.165) is 0 Å². The molecule has 0 rings (SSSR count). The highest BCUT2D eigenvalue weighted by Gasteiger charge is 2.36. The van der Waals surface area contributed by atoms with Crippen molar-refractivity contribution in [2.75, 3.05) is 0 Å². The number of rotatable bonds is 9. The molecule has 22 heavy (non-hydrogen) atoms. The minimum atomic E-state index is -3.90. The van der Waals surface area contributed by atoms with E-state index in [1.807, 2.05) is 0 Å². The fourth-order valence-electron chi connectivity index (χ4n) is 0.605. The van der Waals surface area contributed by atoms with Gasteiger partial charge in [-0.15, -0.1) is 0 Å². The molecule has 0 heterocycles. The van der Waals surface area contributed by atoms with Crippen LogP contribution < -0.4 is 0 Å². The van der Waals surface area contributed by atoms with Gasteiger partial charge in [-0.1, -0.05) is 19.7 Å². The van der Waals surface area contributed by atoms with Crippen LogP contribution in [0.4, 0.5) is 0 Å². The van der Waals surface area contributed by atoms with Gasteiger partial charge in [-0.2, -0.15) is 0 Å². The first-order valence-corrected chi connectivity index (χ1v) is 14.0. The largest absolute Gasteiger partial charge is 0.393 e. The molecule has 0 aliphatic rings. The van der Waals surface area contributed by atoms with Crippen LogP contribution >= 0.6 is 31.9 Å². The monoisotopic (exact) mass is 422 g/mol. The molecule has 0 aliphatic heterocycles. The van der Waals surface area contributed by atoms with Gasteiger partial charge in [-0.05, 0) is 52.7 Å². The number of allylic oxidation sites excluding steroid dienone is 3. The van der Waals surface area contributed by atoms with Gasteiger partial charge in [-0.3, -0.25) is 0 Å². The molecule has 0 radical (unpaired) electrons. The first-order valence-electron chi connectivity index (χ1n) is 5.38. The van der Waals surface area contributed by atoms with Crippen molar-refractivity contribution >= 4 is 63.1 Å². The average Bonchev–Trinajstić information content (AvgIpc) is 2.25. The van der Waals surface area contributed by atoms with Gasteiger partial charge in [0, 0.05) is 14.7 Å². The van der Waals surface area contributed by atoms with E-state index in [9.17, 15) is 25.3 Å². The molecule has 13 heteroatoms. The Bertz CT molecular complexity index is 682. The highest BCUT2D eigenvalue weighted by atomic mass is 33.2. The summed E-state index contributed by atoms with van der Waals surface area (Å²) in [6.07, 6.45) is 0. The van der Waals surface area contributed by atoms with Crippen molar-refractivity contribution < 1.29 is 25.3 Å². The van der Waals surface area contributed by atoms with Crippen molar-refractivity contribution in [3.63, 3.8) is 0 Å². The normalized spacial score (nSPS) is 12.7. The summed E-state index contributed by atoms with van der Waals surface area (Å²) in [7, 11) is -11.1. The molecule has 0 fully saturated rings. The summed E-state index contributed by atoms with van der Waals surface area (Å²) in [5.74, 6) is 0. The van der Waals surface area contributed by atoms with E-state index in [4.69, 9.17) is 0 Å². The fraction of sp³-hybridized carbons (Fsp3) is 0.333. The SMILES string of the molecule is C=C(C)S(=O)(=O)SB(SS(=O)(=O)C(=C)C)SS(=O)(=O)C(=C)C. The van der Waals surface area contributed by atoms with E-state index in [2.05, 4.69) is 19.7 Å². The molecule has 0 aromatic carbocycles. The van der Waals surface area contributed by atoms with Gasteiger partial charge in [-0.25, -0.2) is 25.3 Å². The van der Waals surface area contributed by atoms with Gasteiger partial charge >= 0.3 is 4.55 Å². The quantitative estimate of drug-likeness (QED) is 0.410. The van der Waals surface area contributed by atoms with Crippen LogP contribution in [0.1, 0.15) is 20.8 Å². The Hall–Kier alpha value is 0.185. The summed E-state index contributed by atoms with van der Waals surface area (Å²) in [6, 6.07) is 0. The Balaban J connectivity index is 5.67. The van der Waals surface area contributed by atoms with Gasteiger partial charge in [0.2, 0.25) is 26.6 Å². The first-order chi connectivity index (χ1) is 9.62. The maximum Gasteiger partial charge on any atom is 0.393 e. The first kappa shape index (κ1) is 22.2. The Morgan fingerprint density at radius 2 is 0.818 bits per heavy atom. The van der Waals surface area contributed by atoms with Crippen molar-refractivity contribution in [2.45, 2.75) is 20.8 Å². The molecule has 0 amide bonds. The molecule has 0 unspecified atom stereocenters. The third kappa shape index (κ3) is 6.75. The van der Waals surface area contributed by atoms with E-state index in [1.54, 1.807) is 0 Å². The van der Waals surface area contributed by atoms with Crippen LogP contribution in [0.3, 0.4) is 0 Å². The average molecular weight is 422 g/mol. The lowest BCUT2D eigenvalue weighted by molar-refractivity contribution is 0.614. The van der Waals surface area contributed by atoms with Crippen molar-refractivity contribution in [3.8, 4) is 0 Å². The van der Waals surface area contributed by atoms with Crippen LogP contribution in [0.25, 0.3) is 0 Å². The number of hydrogen-bond acceptors (Lipinski definition) is 9. The van der Waals surface area contributed by atoms with E-state index < -0.39 is 31.2 Å². The highest BCUT2D eigenvalue weighted by Crippen LogP contribution is 2.43. The summed E-state index contributed by atoms with van der Waals surface area (Å²) >= 11 is 0. The third-order valence-corrected chi connectivity index (χ3v) is 16.2. The van der Waals surface area contributed by atoms with E-state index in [0.29, 0.717) is 0 Å². The lowest BCUT2D eigenvalue weighted by Crippen LogP contribution is -2.12. The summed E-state index contributed by atoms with van der Waals surface area (Å²) in [5, 5.41) is 0. The smallest absolute Gasteiger partial charge is 0.213 e. The van der Waals surface area contributed by atoms with Crippen LogP contribution in [-0.2, 0) is 26.6 Å². The minimum absolute atomic E-state index is 0.202. The molecule has 0 aromatic heterocycles. The molecule has 0 saturated heterocycles. The van der Waals surface area contributed by atoms with Gasteiger partial charge in [0.1, 0.15) is 0 Å². The maximum atomic E-state index is 11.9. The van der Waals surface area contributed by atoms with Crippen molar-refractivity contribution in [3.05, 3.63) is 34.5 Å². The van der Waals surface area contributed by atoms with Gasteiger partial charge in [0.15, 0.2) is 0 Å². The summed E-state index contributed by atoms with van der Waals surface area (Å²) in [4.78, 5) is -0.613. The second-order valence-electron chi connectivity index (χ2n) is 4.05. The molecule has 0 spiro atoms. The molecule has 0 atom stereocenters. The zero-order valence-corrected chi connectivity index (χ0v) is 17.0. The van der Waals surface area contributed by atoms with E-state index >= 15 is 0 Å². The van der Waals surface area contributed by atoms with Crippen molar-refractivity contribution in [2.24, 2.45) is 0 Å². The third-order valence-electron chi connectivity index (χ3n) is 1.90. The van der Waals surface area contributed by atoms with Crippen LogP contribution in [0.15, 0.2) is 34.5 Å². The Morgan fingerprint density at radius 3 is 0.955 bits per heavy atom. The van der Waals surface area contributed by atoms with Crippen LogP contribution in [0, 0.1) is 0 Å². The predicted octanol–water partition coefficient (Wildman–Crippen LogP) is 2.76. The molecule has 126 valence electrons. The predicted molar refractivity (Wildman–Crippen MR) is 99.7 cm³/mol. The molecule has 6 nitrogen and oxygen atoms in total. The molecule has 0 aliphatic carbocycles. The summed E-state index contributed by atoms with van der Waals surface area (Å²) in [5.41, 5.74) is 0. The maximum absolute atomic E-state index is 11.9. The van der Waals surface area contributed by atoms with Gasteiger partial charge < -0.3 is 0 Å². The van der Waals surface area contributed by atoms with Crippen LogP contribution in [-0.4, -0.2) is 29.8 Å². The lowest BCUT2D eigenvalue weighted by Gasteiger charge is -2.12. The lowest BCUT2D eigenvalue weighted by atomic mass is 10.7. The Labute approximate surface area is 143 Å². The molecule has 0 bridgehead atoms. The van der Waals surface area contributed by atoms with Crippen molar-refractivity contribution in [1.82, 2.24) is 0 Å². The van der Waals surface area contributed by atoms with Crippen LogP contribution in [0.2, 0.25) is 0 Å². The molecule has 0 aromatic rings. The van der Waals surface area contributed by atoms with Crippen molar-refractivity contribution in [1.29, 1.82) is 0 Å². The summed E-state index contributed by atoms with van der Waals surface area (Å²) < 4.78 is 69.8. The number of hydrogen-bond donors (Lipinski definition) is 0. The zero-order chi connectivity index (χ0) is 17.9. The molecule has 0 N–H and O–H groups in total. The second kappa shape index (κ2) is 7.84. The van der Waals surface area contributed by atoms with E-state index in [-0.39, 0.29) is 46.7 Å². The minimum Gasteiger partial charge on any atom is -0.213 e. The fourth-order valence-corrected chi connectivity index (χ4v) is 14.5. The van der Waals surface area contributed by atoms with E-state index in [1.165, 1.54) is 20.8 Å². The molecular weight excluding hydrogens is 407 g/mol. The Morgan fingerprint density at radius 1 is 0.636 bits per heavy atom. The van der Waals surface area contributed by atoms with Gasteiger partial charge in [0.25, 0.3) is 0 Å². The standard InChI is InChI=1S/C9H15BO6S6/c1-7(2)20(11,12)17-10(18-21(13,14)8(3)4)19-22(15,16)9(5)6/h1,3,5H2,2,4,6H3. The van der Waals surface area contributed by atoms with Crippen LogP contribution in [0.5, 0.6) is 0 Å². The molecule has 0 saturated carbocycles. The zero-order valence-electron chi connectivity index (χ0n) is 12.1. The molecular formula is C9H15BO6S6. The second-order valence-corrected chi connectivity index (χ2v) is 17.4. The summed E-state index contributed by atoms with van der Waals surface area (Å²) in [6.45, 7) is 13.5. The highest BCUT2D eigenvalue weighted by molar-refractivity contribution is 9.16.